The number of pyridine rings is 1. The summed E-state index contributed by atoms with van der Waals surface area (Å²) < 4.78 is 13.9. The van der Waals surface area contributed by atoms with Gasteiger partial charge in [-0.05, 0) is 51.1 Å². The van der Waals surface area contributed by atoms with E-state index in [1.807, 2.05) is 31.2 Å². The van der Waals surface area contributed by atoms with Crippen molar-refractivity contribution in [3.05, 3.63) is 64.7 Å². The number of aryl methyl sites for hydroxylation is 1. The van der Waals surface area contributed by atoms with E-state index in [2.05, 4.69) is 4.90 Å². The van der Waals surface area contributed by atoms with Crippen LogP contribution in [0.1, 0.15) is 46.1 Å². The van der Waals surface area contributed by atoms with E-state index in [1.165, 1.54) is 6.07 Å². The Labute approximate surface area is 154 Å². The summed E-state index contributed by atoms with van der Waals surface area (Å²) in [5, 5.41) is 0. The number of hydrogen-bond acceptors (Lipinski definition) is 3. The minimum absolute atomic E-state index is 0.00119. The predicted octanol–water partition coefficient (Wildman–Crippen LogP) is 3.61. The van der Waals surface area contributed by atoms with E-state index in [9.17, 15) is 9.18 Å². The highest BCUT2D eigenvalue weighted by atomic mass is 19.1. The molecular formula is C21H26FN3O. The Morgan fingerprint density at radius 1 is 1.19 bits per heavy atom. The molecule has 26 heavy (non-hydrogen) atoms. The van der Waals surface area contributed by atoms with Crippen LogP contribution in [0.4, 0.5) is 4.39 Å². The summed E-state index contributed by atoms with van der Waals surface area (Å²) in [5.41, 5.74) is 3.29. The number of likely N-dealkylation sites (tertiary alicyclic amines) is 1. The first kappa shape index (κ1) is 18.5. The quantitative estimate of drug-likeness (QED) is 0.841. The summed E-state index contributed by atoms with van der Waals surface area (Å²) >= 11 is 0. The Bertz CT molecular complexity index is 783. The van der Waals surface area contributed by atoms with Crippen molar-refractivity contribution in [2.45, 2.75) is 32.2 Å². The molecule has 0 radical (unpaired) electrons. The number of carbonyl (C=O) groups is 1. The lowest BCUT2D eigenvalue weighted by atomic mass is 9.89. The topological polar surface area (TPSA) is 36.4 Å². The van der Waals surface area contributed by atoms with E-state index in [1.54, 1.807) is 25.1 Å². The number of carbonyl (C=O) groups excluding carboxylic acids is 1. The fourth-order valence-corrected chi connectivity index (χ4v) is 3.54. The lowest BCUT2D eigenvalue weighted by Crippen LogP contribution is -2.34. The van der Waals surface area contributed by atoms with Gasteiger partial charge in [-0.25, -0.2) is 4.39 Å². The van der Waals surface area contributed by atoms with Crippen molar-refractivity contribution in [3.63, 3.8) is 0 Å². The largest absolute Gasteiger partial charge is 0.345 e. The third-order valence-electron chi connectivity index (χ3n) is 5.03. The first-order valence-electron chi connectivity index (χ1n) is 9.10. The number of nitrogens with zero attached hydrogens (tertiary/aromatic N) is 3. The molecule has 2 heterocycles. The third kappa shape index (κ3) is 4.10. The Morgan fingerprint density at radius 2 is 1.88 bits per heavy atom. The molecule has 1 aliphatic heterocycles. The van der Waals surface area contributed by atoms with Gasteiger partial charge in [0.25, 0.3) is 5.91 Å². The van der Waals surface area contributed by atoms with Crippen LogP contribution in [0.15, 0.2) is 36.4 Å². The molecule has 1 amide bonds. The molecule has 0 spiro atoms. The number of halogens is 1. The number of hydrogen-bond donors (Lipinski definition) is 0. The van der Waals surface area contributed by atoms with Gasteiger partial charge in [0.1, 0.15) is 5.82 Å². The van der Waals surface area contributed by atoms with Crippen molar-refractivity contribution >= 4 is 5.91 Å². The minimum Gasteiger partial charge on any atom is -0.345 e. The van der Waals surface area contributed by atoms with Gasteiger partial charge in [0.15, 0.2) is 0 Å². The van der Waals surface area contributed by atoms with Gasteiger partial charge in [0.05, 0.1) is 11.3 Å². The summed E-state index contributed by atoms with van der Waals surface area (Å²) in [5.74, 6) is 0.126. The third-order valence-corrected chi connectivity index (χ3v) is 5.03. The van der Waals surface area contributed by atoms with Crippen LogP contribution in [0.5, 0.6) is 0 Å². The van der Waals surface area contributed by atoms with Crippen molar-refractivity contribution in [2.75, 3.05) is 27.2 Å². The highest BCUT2D eigenvalue weighted by Gasteiger charge is 2.26. The smallest absolute Gasteiger partial charge is 0.255 e. The molecule has 3 rings (SSSR count). The average Bonchev–Trinajstić information content (AvgIpc) is 2.63. The lowest BCUT2D eigenvalue weighted by Gasteiger charge is -2.32. The molecule has 1 fully saturated rings. The van der Waals surface area contributed by atoms with Crippen LogP contribution < -0.4 is 0 Å². The lowest BCUT2D eigenvalue weighted by molar-refractivity contribution is 0.0824. The van der Waals surface area contributed by atoms with Gasteiger partial charge in [-0.1, -0.05) is 18.2 Å². The van der Waals surface area contributed by atoms with Crippen LogP contribution in [-0.4, -0.2) is 47.9 Å². The number of amides is 1. The van der Waals surface area contributed by atoms with Gasteiger partial charge in [-0.3, -0.25) is 14.7 Å². The molecule has 4 nitrogen and oxygen atoms in total. The van der Waals surface area contributed by atoms with Gasteiger partial charge in [-0.15, -0.1) is 0 Å². The van der Waals surface area contributed by atoms with Crippen LogP contribution in [0.25, 0.3) is 0 Å². The molecule has 5 heteroatoms. The van der Waals surface area contributed by atoms with Crippen LogP contribution in [0.2, 0.25) is 0 Å². The average molecular weight is 355 g/mol. The summed E-state index contributed by atoms with van der Waals surface area (Å²) in [7, 11) is 3.53. The Morgan fingerprint density at radius 3 is 2.54 bits per heavy atom. The molecule has 2 aromatic rings. The Balaban J connectivity index is 1.71. The molecule has 0 bridgehead atoms. The monoisotopic (exact) mass is 355 g/mol. The fourth-order valence-electron chi connectivity index (χ4n) is 3.54. The Kier molecular flexibility index (Phi) is 5.67. The summed E-state index contributed by atoms with van der Waals surface area (Å²) in [6.07, 6.45) is 1.86. The van der Waals surface area contributed by atoms with E-state index in [0.29, 0.717) is 12.1 Å². The van der Waals surface area contributed by atoms with E-state index >= 15 is 0 Å². The first-order chi connectivity index (χ1) is 12.5. The second-order valence-electron chi connectivity index (χ2n) is 7.23. The summed E-state index contributed by atoms with van der Waals surface area (Å²) in [4.78, 5) is 21.1. The van der Waals surface area contributed by atoms with Crippen LogP contribution in [0.3, 0.4) is 0 Å². The maximum Gasteiger partial charge on any atom is 0.255 e. The number of benzene rings is 1. The normalized spacial score (nSPS) is 15.8. The van der Waals surface area contributed by atoms with E-state index in [-0.39, 0.29) is 17.6 Å². The zero-order valence-electron chi connectivity index (χ0n) is 15.7. The zero-order chi connectivity index (χ0) is 18.7. The van der Waals surface area contributed by atoms with Crippen molar-refractivity contribution in [2.24, 2.45) is 0 Å². The molecule has 1 aromatic heterocycles. The SMILES string of the molecule is Cc1ccc(C(=O)N(C)C)c(C2CCN(Cc3ccccc3F)CC2)n1. The van der Waals surface area contributed by atoms with Crippen molar-refractivity contribution < 1.29 is 9.18 Å². The Hall–Kier alpha value is -2.27. The highest BCUT2D eigenvalue weighted by molar-refractivity contribution is 5.95. The summed E-state index contributed by atoms with van der Waals surface area (Å²) in [6.45, 7) is 4.35. The molecule has 0 unspecified atom stereocenters. The molecule has 138 valence electrons. The van der Waals surface area contributed by atoms with Crippen molar-refractivity contribution in [1.82, 2.24) is 14.8 Å². The molecule has 0 atom stereocenters. The van der Waals surface area contributed by atoms with Crippen LogP contribution in [-0.2, 0) is 6.54 Å². The first-order valence-corrected chi connectivity index (χ1v) is 9.10. The maximum absolute atomic E-state index is 13.9. The molecule has 1 saturated heterocycles. The second kappa shape index (κ2) is 7.96. The molecule has 1 aliphatic rings. The second-order valence-corrected chi connectivity index (χ2v) is 7.23. The van der Waals surface area contributed by atoms with Crippen molar-refractivity contribution in [3.8, 4) is 0 Å². The van der Waals surface area contributed by atoms with Crippen molar-refractivity contribution in [1.29, 1.82) is 0 Å². The minimum atomic E-state index is -0.145. The van der Waals surface area contributed by atoms with E-state index in [4.69, 9.17) is 4.98 Å². The molecular weight excluding hydrogens is 329 g/mol. The highest BCUT2D eigenvalue weighted by Crippen LogP contribution is 2.30. The van der Waals surface area contributed by atoms with Gasteiger partial charge < -0.3 is 4.90 Å². The predicted molar refractivity (Wildman–Crippen MR) is 101 cm³/mol. The summed E-state index contributed by atoms with van der Waals surface area (Å²) in [6, 6.07) is 10.7. The maximum atomic E-state index is 13.9. The number of piperidine rings is 1. The van der Waals surface area contributed by atoms with E-state index in [0.717, 1.165) is 42.9 Å². The fraction of sp³-hybridized carbons (Fsp3) is 0.429. The van der Waals surface area contributed by atoms with Gasteiger partial charge >= 0.3 is 0 Å². The van der Waals surface area contributed by atoms with Crippen LogP contribution in [0, 0.1) is 12.7 Å². The number of aromatic nitrogens is 1. The molecule has 0 aliphatic carbocycles. The molecule has 1 aromatic carbocycles. The van der Waals surface area contributed by atoms with E-state index < -0.39 is 0 Å². The molecule has 0 saturated carbocycles. The zero-order valence-corrected chi connectivity index (χ0v) is 15.7. The molecule has 0 N–H and O–H groups in total. The standard InChI is InChI=1S/C21H26FN3O/c1-15-8-9-18(21(26)24(2)3)20(23-15)16-10-12-25(13-11-16)14-17-6-4-5-7-19(17)22/h4-9,16H,10-14H2,1-3H3. The number of rotatable bonds is 4. The van der Waals surface area contributed by atoms with Crippen LogP contribution >= 0.6 is 0 Å². The van der Waals surface area contributed by atoms with Gasteiger partial charge in [-0.2, -0.15) is 0 Å². The van der Waals surface area contributed by atoms with Gasteiger partial charge in [0.2, 0.25) is 0 Å². The van der Waals surface area contributed by atoms with Gasteiger partial charge in [0, 0.05) is 37.8 Å².